The highest BCUT2D eigenvalue weighted by atomic mass is 32.1. The standard InChI is InChI=1S/C45H43F3N14O5S/c46-32-17-26(16-29-30(32)21-62(42(29)66)38(41(65)54-43-49-7-15-68-43)37-34-2-1-8-60(34)24-52-37)39-50-19-27(20-51-39)58-11-13-59(14-12-58)36(64)22-57-9-5-31(45(47,48)23-57)25-3-4-28-33(18-25)55-56-40(28)61-10-6-35(63)53-44(61)67/h3-4,7,15-20,24,31,38H,1-2,5-6,8-14,21-23H2,(H,55,56)(H,49,54,65)(H,53,63,67). The predicted molar refractivity (Wildman–Crippen MR) is 240 cm³/mol. The number of benzene rings is 2. The van der Waals surface area contributed by atoms with E-state index in [1.807, 2.05) is 9.47 Å². The predicted octanol–water partition coefficient (Wildman–Crippen LogP) is 4.31. The quantitative estimate of drug-likeness (QED) is 0.176. The lowest BCUT2D eigenvalue weighted by Gasteiger charge is -2.40. The number of halogens is 3. The van der Waals surface area contributed by atoms with Crippen LogP contribution in [-0.4, -0.2) is 137 Å². The summed E-state index contributed by atoms with van der Waals surface area (Å²) in [6.07, 6.45) is 8.26. The molecule has 2 aromatic carbocycles. The molecule has 68 heavy (non-hydrogen) atoms. The number of alkyl halides is 2. The van der Waals surface area contributed by atoms with E-state index < -0.39 is 48.1 Å². The Bertz CT molecular complexity index is 2990. The third kappa shape index (κ3) is 7.87. The van der Waals surface area contributed by atoms with Crippen LogP contribution in [0.1, 0.15) is 64.1 Å². The molecule has 6 amide bonds. The van der Waals surface area contributed by atoms with Gasteiger partial charge in [0, 0.05) is 85.0 Å². The minimum Gasteiger partial charge on any atom is -0.365 e. The average molecular weight is 949 g/mol. The van der Waals surface area contributed by atoms with E-state index in [1.54, 1.807) is 59.5 Å². The number of aromatic nitrogens is 7. The van der Waals surface area contributed by atoms with Crippen LogP contribution in [-0.2, 0) is 33.9 Å². The number of imidazole rings is 1. The molecule has 3 fully saturated rings. The van der Waals surface area contributed by atoms with E-state index in [4.69, 9.17) is 0 Å². The summed E-state index contributed by atoms with van der Waals surface area (Å²) in [4.78, 5) is 91.0. The Balaban J connectivity index is 0.702. The Morgan fingerprint density at radius 3 is 2.54 bits per heavy atom. The summed E-state index contributed by atoms with van der Waals surface area (Å²) in [7, 11) is 0. The molecule has 9 heterocycles. The Morgan fingerprint density at radius 2 is 1.78 bits per heavy atom. The largest absolute Gasteiger partial charge is 0.365 e. The summed E-state index contributed by atoms with van der Waals surface area (Å²) in [6.45, 7) is 1.94. The molecule has 23 heteroatoms. The molecule has 0 aliphatic carbocycles. The summed E-state index contributed by atoms with van der Waals surface area (Å²) >= 11 is 1.24. The minimum atomic E-state index is -3.13. The van der Waals surface area contributed by atoms with Crippen molar-refractivity contribution in [3.63, 3.8) is 0 Å². The van der Waals surface area contributed by atoms with Crippen molar-refractivity contribution in [2.45, 2.75) is 56.7 Å². The van der Waals surface area contributed by atoms with Crippen LogP contribution in [0.15, 0.2) is 60.6 Å². The fourth-order valence-corrected chi connectivity index (χ4v) is 10.6. The van der Waals surface area contributed by atoms with Crippen molar-refractivity contribution in [1.82, 2.24) is 54.7 Å². The maximum absolute atomic E-state index is 15.9. The van der Waals surface area contributed by atoms with E-state index in [-0.39, 0.29) is 66.8 Å². The summed E-state index contributed by atoms with van der Waals surface area (Å²) in [5.41, 5.74) is 3.47. The number of imide groups is 1. The number of fused-ring (bicyclic) bond motifs is 3. The highest BCUT2D eigenvalue weighted by molar-refractivity contribution is 7.13. The van der Waals surface area contributed by atoms with Gasteiger partial charge in [-0.15, -0.1) is 11.3 Å². The van der Waals surface area contributed by atoms with Crippen LogP contribution >= 0.6 is 11.3 Å². The van der Waals surface area contributed by atoms with Gasteiger partial charge in [-0.25, -0.2) is 37.9 Å². The summed E-state index contributed by atoms with van der Waals surface area (Å²) < 4.78 is 49.5. The van der Waals surface area contributed by atoms with Crippen molar-refractivity contribution >= 4 is 68.5 Å². The average Bonchev–Trinajstić information content (AvgIpc) is 4.19. The number of piperidine rings is 1. The van der Waals surface area contributed by atoms with Gasteiger partial charge in [-0.05, 0) is 55.6 Å². The van der Waals surface area contributed by atoms with E-state index in [0.29, 0.717) is 77.9 Å². The maximum Gasteiger partial charge on any atom is 0.329 e. The molecule has 4 aromatic heterocycles. The van der Waals surface area contributed by atoms with E-state index in [0.717, 1.165) is 18.7 Å². The number of aryl methyl sites for hydroxylation is 1. The lowest BCUT2D eigenvalue weighted by molar-refractivity contribution is -0.136. The molecular weight excluding hydrogens is 906 g/mol. The molecule has 2 atom stereocenters. The zero-order valence-corrected chi connectivity index (χ0v) is 37.1. The van der Waals surface area contributed by atoms with Gasteiger partial charge in [0.15, 0.2) is 22.8 Å². The smallest absolute Gasteiger partial charge is 0.329 e. The van der Waals surface area contributed by atoms with Crippen LogP contribution in [0, 0.1) is 5.82 Å². The normalized spacial score (nSPS) is 19.9. The molecular formula is C45H43F3N14O5S. The first-order chi connectivity index (χ1) is 32.9. The molecule has 0 saturated carbocycles. The third-order valence-electron chi connectivity index (χ3n) is 13.5. The second-order valence-electron chi connectivity index (χ2n) is 17.6. The lowest BCUT2D eigenvalue weighted by Crippen LogP contribution is -2.54. The Kier molecular flexibility index (Phi) is 10.9. The second-order valence-corrected chi connectivity index (χ2v) is 18.5. The van der Waals surface area contributed by atoms with Gasteiger partial charge in [-0.2, -0.15) is 5.10 Å². The van der Waals surface area contributed by atoms with Crippen LogP contribution in [0.5, 0.6) is 0 Å². The van der Waals surface area contributed by atoms with Crippen molar-refractivity contribution in [2.24, 2.45) is 0 Å². The number of H-pyrrole nitrogens is 1. The molecule has 0 radical (unpaired) electrons. The zero-order chi connectivity index (χ0) is 46.8. The first kappa shape index (κ1) is 43.3. The lowest BCUT2D eigenvalue weighted by atomic mass is 9.85. The first-order valence-corrected chi connectivity index (χ1v) is 23.2. The minimum absolute atomic E-state index is 0.110. The number of amides is 6. The molecule has 3 saturated heterocycles. The number of urea groups is 1. The van der Waals surface area contributed by atoms with Gasteiger partial charge >= 0.3 is 6.03 Å². The Hall–Kier alpha value is -7.27. The third-order valence-corrected chi connectivity index (χ3v) is 14.2. The zero-order valence-electron chi connectivity index (χ0n) is 36.3. The molecule has 0 spiro atoms. The number of rotatable bonds is 10. The number of carbonyl (C=O) groups excluding carboxylic acids is 5. The molecule has 2 unspecified atom stereocenters. The molecule has 5 aliphatic rings. The van der Waals surface area contributed by atoms with Gasteiger partial charge in [-0.1, -0.05) is 6.07 Å². The number of nitrogens with one attached hydrogen (secondary N) is 3. The molecule has 19 nitrogen and oxygen atoms in total. The molecule has 3 N–H and O–H groups in total. The number of aromatic amines is 1. The van der Waals surface area contributed by atoms with Crippen LogP contribution in [0.4, 0.5) is 34.6 Å². The number of carbonyl (C=O) groups is 5. The van der Waals surface area contributed by atoms with E-state index in [1.165, 1.54) is 32.1 Å². The topological polar surface area (TPSA) is 211 Å². The fraction of sp³-hybridized carbons (Fsp3) is 0.378. The van der Waals surface area contributed by atoms with Crippen LogP contribution in [0.3, 0.4) is 0 Å². The van der Waals surface area contributed by atoms with Crippen LogP contribution in [0.25, 0.3) is 22.3 Å². The van der Waals surface area contributed by atoms with E-state index in [9.17, 15) is 24.0 Å². The van der Waals surface area contributed by atoms with Crippen molar-refractivity contribution < 1.29 is 37.1 Å². The van der Waals surface area contributed by atoms with Crippen molar-refractivity contribution in [2.75, 3.05) is 67.5 Å². The molecule has 0 bridgehead atoms. The van der Waals surface area contributed by atoms with Crippen LogP contribution < -0.4 is 20.4 Å². The molecule has 6 aromatic rings. The molecule has 350 valence electrons. The SMILES string of the molecule is O=C1CCN(c2n[nH]c3cc(C4CCN(CC(=O)N5CCN(c6cnc(-c7cc(F)c8c(c7)C(=O)N(C(C(=O)Nc7nccs7)c7ncn9c7CCC9)C8)nc6)CC5)CC4(F)F)ccc23)C(=O)N1. The summed E-state index contributed by atoms with van der Waals surface area (Å²) in [6, 6.07) is 6.02. The number of piperazine rings is 1. The van der Waals surface area contributed by atoms with Gasteiger partial charge in [0.05, 0.1) is 61.2 Å². The van der Waals surface area contributed by atoms with Gasteiger partial charge in [0.2, 0.25) is 11.8 Å². The fourth-order valence-electron chi connectivity index (χ4n) is 10.0. The van der Waals surface area contributed by atoms with Gasteiger partial charge < -0.3 is 19.3 Å². The monoisotopic (exact) mass is 948 g/mol. The van der Waals surface area contributed by atoms with E-state index in [2.05, 4.69) is 40.8 Å². The number of hydrogen-bond acceptors (Lipinski definition) is 13. The van der Waals surface area contributed by atoms with Gasteiger partial charge in [-0.3, -0.25) is 44.7 Å². The Labute approximate surface area is 389 Å². The summed E-state index contributed by atoms with van der Waals surface area (Å²) in [5, 5.41) is 14.8. The number of anilines is 3. The van der Waals surface area contributed by atoms with Crippen molar-refractivity contribution in [1.29, 1.82) is 0 Å². The number of hydrogen-bond donors (Lipinski definition) is 3. The number of nitrogens with zero attached hydrogens (tertiary/aromatic N) is 11. The van der Waals surface area contributed by atoms with Gasteiger partial charge in [0.1, 0.15) is 5.82 Å². The van der Waals surface area contributed by atoms with Crippen molar-refractivity contribution in [3.8, 4) is 11.4 Å². The molecule has 11 rings (SSSR count). The first-order valence-electron chi connectivity index (χ1n) is 22.3. The summed E-state index contributed by atoms with van der Waals surface area (Å²) in [5.74, 6) is -5.96. The highest BCUT2D eigenvalue weighted by Crippen LogP contribution is 2.42. The Morgan fingerprint density at radius 1 is 0.956 bits per heavy atom. The number of thiazole rings is 1. The van der Waals surface area contributed by atoms with Gasteiger partial charge in [0.25, 0.3) is 17.7 Å². The molecule has 5 aliphatic heterocycles. The maximum atomic E-state index is 15.9. The highest BCUT2D eigenvalue weighted by Gasteiger charge is 2.46. The second kappa shape index (κ2) is 17.1. The van der Waals surface area contributed by atoms with E-state index >= 15 is 13.2 Å². The number of likely N-dealkylation sites (tertiary alicyclic amines) is 1. The van der Waals surface area contributed by atoms with Crippen molar-refractivity contribution in [3.05, 3.63) is 94.5 Å². The van der Waals surface area contributed by atoms with Crippen LogP contribution in [0.2, 0.25) is 0 Å².